The molecule has 8 nitrogen and oxygen atoms in total. The maximum absolute atomic E-state index is 13.8. The minimum Gasteiger partial charge on any atom is -0.477 e. The third-order valence-corrected chi connectivity index (χ3v) is 10.1. The summed E-state index contributed by atoms with van der Waals surface area (Å²) in [5, 5.41) is 13.4. The van der Waals surface area contributed by atoms with Gasteiger partial charge in [0.2, 0.25) is 10.0 Å². The van der Waals surface area contributed by atoms with E-state index in [1.807, 2.05) is 0 Å². The number of thiophene rings is 1. The molecule has 1 aromatic heterocycles. The normalized spacial score (nSPS) is 14.1. The monoisotopic (exact) mass is 624 g/mol. The molecule has 1 aliphatic rings. The number of carboxylic acid groups (broad SMARTS) is 1. The summed E-state index contributed by atoms with van der Waals surface area (Å²) in [6.45, 7) is 1.39. The summed E-state index contributed by atoms with van der Waals surface area (Å²) in [7, 11) is -3.79. The van der Waals surface area contributed by atoms with Crippen LogP contribution in [0.1, 0.15) is 28.1 Å². The predicted octanol–water partition coefficient (Wildman–Crippen LogP) is 5.34. The number of nitrogens with one attached hydrogen (secondary N) is 1. The molecule has 2 aromatic carbocycles. The first-order valence-electron chi connectivity index (χ1n) is 11.2. The Kier molecular flexibility index (Phi) is 8.74. The first-order chi connectivity index (χ1) is 17.7. The third kappa shape index (κ3) is 6.26. The second kappa shape index (κ2) is 11.8. The van der Waals surface area contributed by atoms with Crippen LogP contribution in [-0.2, 0) is 20.6 Å². The van der Waals surface area contributed by atoms with Crippen molar-refractivity contribution in [2.45, 2.75) is 24.6 Å². The molecule has 1 fully saturated rings. The Labute approximate surface area is 231 Å². The van der Waals surface area contributed by atoms with Gasteiger partial charge in [0.05, 0.1) is 20.8 Å². The average Bonchev–Trinajstić information content (AvgIpc) is 3.21. The number of ether oxygens (including phenoxy) is 1. The lowest BCUT2D eigenvalue weighted by Crippen LogP contribution is -2.46. The molecule has 3 aromatic rings. The van der Waals surface area contributed by atoms with Crippen LogP contribution in [0.4, 0.5) is 5.69 Å². The van der Waals surface area contributed by atoms with Crippen LogP contribution in [0.25, 0.3) is 10.4 Å². The number of carbonyl (C=O) groups is 1. The number of rotatable bonds is 9. The quantitative estimate of drug-likeness (QED) is 0.244. The topological polar surface area (TPSA) is 113 Å². The van der Waals surface area contributed by atoms with Crippen molar-refractivity contribution >= 4 is 66.5 Å². The van der Waals surface area contributed by atoms with E-state index in [1.165, 1.54) is 10.2 Å². The lowest BCUT2D eigenvalue weighted by molar-refractivity contribution is 0.0699. The van der Waals surface area contributed by atoms with E-state index < -0.39 is 16.0 Å². The molecule has 0 aliphatic carbocycles. The van der Waals surface area contributed by atoms with Gasteiger partial charge in [-0.3, -0.25) is 4.31 Å². The summed E-state index contributed by atoms with van der Waals surface area (Å²) in [6, 6.07) is 13.4. The zero-order chi connectivity index (χ0) is 26.6. The van der Waals surface area contributed by atoms with Crippen molar-refractivity contribution in [3.63, 3.8) is 0 Å². The highest BCUT2D eigenvalue weighted by atomic mass is 79.9. The Bertz CT molecular complexity index is 1450. The van der Waals surface area contributed by atoms with Crippen LogP contribution < -0.4 is 14.4 Å². The van der Waals surface area contributed by atoms with Gasteiger partial charge in [0.15, 0.2) is 22.8 Å². The molecule has 0 radical (unpaired) electrons. The molecule has 0 saturated carbocycles. The van der Waals surface area contributed by atoms with Gasteiger partial charge in [-0.1, -0.05) is 35.9 Å². The fraction of sp³-hybridized carbons (Fsp3) is 0.240. The van der Waals surface area contributed by atoms with Crippen LogP contribution in [0.15, 0.2) is 59.3 Å². The number of nitrogens with zero attached hydrogens (tertiary/aromatic N) is 1. The zero-order valence-corrected chi connectivity index (χ0v) is 23.3. The Morgan fingerprint density at radius 3 is 2.59 bits per heavy atom. The highest BCUT2D eigenvalue weighted by Gasteiger charge is 2.32. The molecule has 194 valence electrons. The number of hydrogen-bond acceptors (Lipinski definition) is 7. The van der Waals surface area contributed by atoms with Crippen LogP contribution in [0.2, 0.25) is 5.02 Å². The van der Waals surface area contributed by atoms with Crippen molar-refractivity contribution in [3.8, 4) is 16.2 Å². The van der Waals surface area contributed by atoms with Gasteiger partial charge < -0.3 is 15.2 Å². The lowest BCUT2D eigenvalue weighted by atomic mass is 10.1. The number of halogens is 2. The third-order valence-electron chi connectivity index (χ3n) is 5.79. The lowest BCUT2D eigenvalue weighted by Gasteiger charge is -2.35. The van der Waals surface area contributed by atoms with Crippen molar-refractivity contribution in [3.05, 3.63) is 74.7 Å². The minimum atomic E-state index is -3.79. The Balaban J connectivity index is 1.78. The Morgan fingerprint density at radius 2 is 1.95 bits per heavy atom. The molecular weight excluding hydrogens is 604 g/mol. The molecule has 0 atom stereocenters. The molecule has 37 heavy (non-hydrogen) atoms. The zero-order valence-electron chi connectivity index (χ0n) is 19.3. The van der Waals surface area contributed by atoms with Crippen molar-refractivity contribution in [1.82, 2.24) is 5.32 Å². The summed E-state index contributed by atoms with van der Waals surface area (Å²) in [5.74, 6) is 0.0324. The van der Waals surface area contributed by atoms with Gasteiger partial charge >= 0.3 is 5.97 Å². The fourth-order valence-corrected chi connectivity index (χ4v) is 8.03. The molecule has 1 saturated heterocycles. The second-order valence-corrected chi connectivity index (χ2v) is 12.4. The number of anilines is 1. The number of carboxylic acids is 1. The van der Waals surface area contributed by atoms with E-state index in [0.29, 0.717) is 57.1 Å². The first kappa shape index (κ1) is 27.4. The molecule has 2 N–H and O–H groups in total. The summed E-state index contributed by atoms with van der Waals surface area (Å²) in [4.78, 5) is 22.8. The van der Waals surface area contributed by atoms with E-state index in [4.69, 9.17) is 16.3 Å². The van der Waals surface area contributed by atoms with Crippen molar-refractivity contribution in [1.29, 1.82) is 0 Å². The van der Waals surface area contributed by atoms with Crippen LogP contribution in [0, 0.1) is 0 Å². The van der Waals surface area contributed by atoms with E-state index in [-0.39, 0.29) is 22.4 Å². The van der Waals surface area contributed by atoms with Crippen molar-refractivity contribution < 1.29 is 27.9 Å². The van der Waals surface area contributed by atoms with Gasteiger partial charge in [0, 0.05) is 11.1 Å². The Hall–Kier alpha value is -2.66. The van der Waals surface area contributed by atoms with Gasteiger partial charge in [0.1, 0.15) is 0 Å². The largest absolute Gasteiger partial charge is 0.477 e. The van der Waals surface area contributed by atoms with Crippen LogP contribution in [0.3, 0.4) is 0 Å². The molecule has 1 aliphatic heterocycles. The predicted molar refractivity (Wildman–Crippen MR) is 148 cm³/mol. The molecule has 0 spiro atoms. The molecule has 0 amide bonds. The summed E-state index contributed by atoms with van der Waals surface area (Å²) < 4.78 is 34.6. The van der Waals surface area contributed by atoms with Gasteiger partial charge in [-0.15, -0.1) is 11.3 Å². The Morgan fingerprint density at radius 1 is 1.24 bits per heavy atom. The van der Waals surface area contributed by atoms with Crippen LogP contribution >= 0.6 is 38.9 Å². The van der Waals surface area contributed by atoms with E-state index in [1.54, 1.807) is 48.5 Å². The van der Waals surface area contributed by atoms with E-state index in [0.717, 1.165) is 17.6 Å². The van der Waals surface area contributed by atoms with Gasteiger partial charge in [0.25, 0.3) is 0 Å². The number of carbonyl (C=O) groups excluding carboxylic acids is 1. The average molecular weight is 626 g/mol. The van der Waals surface area contributed by atoms with Crippen molar-refractivity contribution in [2.75, 3.05) is 17.4 Å². The smallest absolute Gasteiger partial charge is 0.349 e. The minimum absolute atomic E-state index is 0.0215. The SMILES string of the molecule is O=C=COc1c(C(=O)O)sc(-c2cccc(N(C3CCNCC3)S(=O)(=O)Cc3ccc(Cl)cc3)c2)c1Br. The number of hydrogen-bond donors (Lipinski definition) is 2. The molecule has 0 bridgehead atoms. The second-order valence-electron chi connectivity index (χ2n) is 8.27. The highest BCUT2D eigenvalue weighted by molar-refractivity contribution is 9.10. The van der Waals surface area contributed by atoms with Crippen LogP contribution in [-0.4, -0.2) is 44.6 Å². The number of piperidine rings is 1. The summed E-state index contributed by atoms with van der Waals surface area (Å²) >= 11 is 10.3. The van der Waals surface area contributed by atoms with Gasteiger partial charge in [-0.05, 0) is 77.3 Å². The van der Waals surface area contributed by atoms with Crippen LogP contribution in [0.5, 0.6) is 5.75 Å². The number of aromatic carboxylic acids is 1. The van der Waals surface area contributed by atoms with E-state index in [9.17, 15) is 23.1 Å². The highest BCUT2D eigenvalue weighted by Crippen LogP contribution is 2.46. The first-order valence-corrected chi connectivity index (χ1v) is 14.8. The number of benzene rings is 2. The molecule has 4 rings (SSSR count). The molecule has 12 heteroatoms. The van der Waals surface area contributed by atoms with Gasteiger partial charge in [-0.25, -0.2) is 18.0 Å². The molecule has 2 heterocycles. The fourth-order valence-electron chi connectivity index (χ4n) is 4.20. The molecular formula is C25H22BrClN2O6S2. The van der Waals surface area contributed by atoms with E-state index >= 15 is 0 Å². The maximum Gasteiger partial charge on any atom is 0.349 e. The summed E-state index contributed by atoms with van der Waals surface area (Å²) in [6.07, 6.45) is 2.03. The van der Waals surface area contributed by atoms with Crippen molar-refractivity contribution in [2.24, 2.45) is 0 Å². The summed E-state index contributed by atoms with van der Waals surface area (Å²) in [5.41, 5.74) is 1.70. The standard InChI is InChI=1S/C25H22BrClN2O6S2/c26-21-22(35-13-12-30)24(25(31)32)36-23(21)17-2-1-3-20(14-17)29(19-8-10-28-11-9-19)37(33,34)15-16-4-6-18(27)7-5-16/h1-7,13-14,19,28H,8-11,15H2,(H,31,32). The maximum atomic E-state index is 13.8. The van der Waals surface area contributed by atoms with E-state index in [2.05, 4.69) is 21.2 Å². The van der Waals surface area contributed by atoms with Gasteiger partial charge in [-0.2, -0.15) is 0 Å². The number of sulfonamides is 1. The molecule has 0 unspecified atom stereocenters.